The molecule has 3 aromatic rings. The highest BCUT2D eigenvalue weighted by Crippen LogP contribution is 2.35. The van der Waals surface area contributed by atoms with E-state index in [1.807, 2.05) is 0 Å². The van der Waals surface area contributed by atoms with Gasteiger partial charge in [-0.05, 0) is 48.5 Å². The van der Waals surface area contributed by atoms with E-state index in [1.54, 1.807) is 42.5 Å². The SMILES string of the molecule is CS(=O)(=O)N1C[C@@H](C(=O)Nc2ccc(S(=O)(=O)Nc3ccccc3Cl)cc2)Oc2ccccc21. The van der Waals surface area contributed by atoms with E-state index in [-0.39, 0.29) is 27.9 Å². The van der Waals surface area contributed by atoms with Crippen LogP contribution in [-0.2, 0) is 24.8 Å². The minimum atomic E-state index is -3.90. The molecule has 0 spiro atoms. The average molecular weight is 522 g/mol. The van der Waals surface area contributed by atoms with Crippen LogP contribution in [0.25, 0.3) is 0 Å². The van der Waals surface area contributed by atoms with E-state index in [0.29, 0.717) is 11.4 Å². The van der Waals surface area contributed by atoms with Gasteiger partial charge in [0.1, 0.15) is 5.75 Å². The van der Waals surface area contributed by atoms with Gasteiger partial charge >= 0.3 is 0 Å². The van der Waals surface area contributed by atoms with Crippen LogP contribution in [0.5, 0.6) is 5.75 Å². The highest BCUT2D eigenvalue weighted by Gasteiger charge is 2.34. The topological polar surface area (TPSA) is 122 Å². The third-order valence-corrected chi connectivity index (χ3v) is 7.84. The van der Waals surface area contributed by atoms with Crippen molar-refractivity contribution in [2.24, 2.45) is 0 Å². The van der Waals surface area contributed by atoms with Crippen LogP contribution in [0.4, 0.5) is 17.1 Å². The summed E-state index contributed by atoms with van der Waals surface area (Å²) in [7, 11) is -7.54. The Kier molecular flexibility index (Phi) is 6.43. The van der Waals surface area contributed by atoms with Gasteiger partial charge in [-0.2, -0.15) is 0 Å². The number of amides is 1. The van der Waals surface area contributed by atoms with Crippen LogP contribution < -0.4 is 19.1 Å². The fourth-order valence-corrected chi connectivity index (χ4v) is 5.57. The van der Waals surface area contributed by atoms with Gasteiger partial charge in [0.15, 0.2) is 6.10 Å². The van der Waals surface area contributed by atoms with Gasteiger partial charge in [-0.1, -0.05) is 35.9 Å². The van der Waals surface area contributed by atoms with Crippen LogP contribution in [-0.4, -0.2) is 41.6 Å². The number of carbonyl (C=O) groups excluding carboxylic acids is 1. The molecule has 3 aromatic carbocycles. The second-order valence-electron chi connectivity index (χ2n) is 7.47. The van der Waals surface area contributed by atoms with Crippen molar-refractivity contribution in [3.05, 3.63) is 77.8 Å². The molecule has 0 radical (unpaired) electrons. The zero-order chi connectivity index (χ0) is 24.5. The van der Waals surface area contributed by atoms with Crippen LogP contribution in [0.3, 0.4) is 0 Å². The molecule has 2 N–H and O–H groups in total. The second kappa shape index (κ2) is 9.16. The van der Waals surface area contributed by atoms with Crippen molar-refractivity contribution < 1.29 is 26.4 Å². The van der Waals surface area contributed by atoms with Crippen LogP contribution in [0.2, 0.25) is 5.02 Å². The number of carbonyl (C=O) groups is 1. The lowest BCUT2D eigenvalue weighted by Gasteiger charge is -2.33. The van der Waals surface area contributed by atoms with Gasteiger partial charge in [-0.25, -0.2) is 16.8 Å². The highest BCUT2D eigenvalue weighted by molar-refractivity contribution is 7.92. The zero-order valence-electron chi connectivity index (χ0n) is 17.8. The maximum Gasteiger partial charge on any atom is 0.267 e. The summed E-state index contributed by atoms with van der Waals surface area (Å²) in [6, 6.07) is 18.5. The van der Waals surface area contributed by atoms with Crippen molar-refractivity contribution >= 4 is 54.6 Å². The fraction of sp³-hybridized carbons (Fsp3) is 0.136. The van der Waals surface area contributed by atoms with Crippen molar-refractivity contribution in [2.45, 2.75) is 11.0 Å². The van der Waals surface area contributed by atoms with Crippen molar-refractivity contribution in [3.8, 4) is 5.75 Å². The molecule has 12 heteroatoms. The Morgan fingerprint density at radius 1 is 0.971 bits per heavy atom. The number of benzene rings is 3. The van der Waals surface area contributed by atoms with Gasteiger partial charge in [0, 0.05) is 5.69 Å². The molecule has 0 fully saturated rings. The zero-order valence-corrected chi connectivity index (χ0v) is 20.2. The number of para-hydroxylation sites is 3. The molecular weight excluding hydrogens is 502 g/mol. The molecule has 1 aliphatic heterocycles. The van der Waals surface area contributed by atoms with E-state index in [9.17, 15) is 21.6 Å². The van der Waals surface area contributed by atoms with E-state index in [0.717, 1.165) is 10.6 Å². The molecule has 0 saturated heterocycles. The summed E-state index contributed by atoms with van der Waals surface area (Å²) in [6.07, 6.45) is -0.0465. The van der Waals surface area contributed by atoms with Crippen molar-refractivity contribution in [3.63, 3.8) is 0 Å². The minimum absolute atomic E-state index is 0.0310. The third-order valence-electron chi connectivity index (χ3n) is 4.98. The largest absolute Gasteiger partial charge is 0.476 e. The molecule has 178 valence electrons. The molecule has 1 amide bonds. The second-order valence-corrected chi connectivity index (χ2v) is 11.5. The first kappa shape index (κ1) is 23.9. The molecule has 4 rings (SSSR count). The number of nitrogens with zero attached hydrogens (tertiary/aromatic N) is 1. The smallest absolute Gasteiger partial charge is 0.267 e. The van der Waals surface area contributed by atoms with Crippen LogP contribution in [0.1, 0.15) is 0 Å². The molecule has 0 saturated carbocycles. The number of sulfonamides is 2. The molecule has 0 aliphatic carbocycles. The van der Waals surface area contributed by atoms with Gasteiger partial charge in [0.05, 0.1) is 34.1 Å². The number of nitrogens with one attached hydrogen (secondary N) is 2. The first-order valence-electron chi connectivity index (χ1n) is 9.96. The van der Waals surface area contributed by atoms with E-state index < -0.39 is 32.1 Å². The lowest BCUT2D eigenvalue weighted by atomic mass is 10.2. The number of rotatable bonds is 6. The average Bonchev–Trinajstić information content (AvgIpc) is 2.79. The summed E-state index contributed by atoms with van der Waals surface area (Å²) >= 11 is 6.02. The molecule has 0 aromatic heterocycles. The van der Waals surface area contributed by atoms with Gasteiger partial charge < -0.3 is 10.1 Å². The predicted octanol–water partition coefficient (Wildman–Crippen LogP) is 3.31. The maximum absolute atomic E-state index is 12.8. The predicted molar refractivity (Wildman–Crippen MR) is 130 cm³/mol. The Hall–Kier alpha value is -3.28. The van der Waals surface area contributed by atoms with Gasteiger partial charge in [-0.3, -0.25) is 13.8 Å². The van der Waals surface area contributed by atoms with Crippen LogP contribution in [0.15, 0.2) is 77.7 Å². The molecule has 1 heterocycles. The summed E-state index contributed by atoms with van der Waals surface area (Å²) in [5, 5.41) is 2.89. The number of hydrogen-bond acceptors (Lipinski definition) is 6. The summed E-state index contributed by atoms with van der Waals surface area (Å²) < 4.78 is 59.0. The quantitative estimate of drug-likeness (QED) is 0.513. The highest BCUT2D eigenvalue weighted by atomic mass is 35.5. The summed E-state index contributed by atoms with van der Waals surface area (Å²) in [5.74, 6) is -0.306. The van der Waals surface area contributed by atoms with E-state index in [4.69, 9.17) is 16.3 Å². The molecule has 1 atom stereocenters. The molecule has 0 unspecified atom stereocenters. The van der Waals surface area contributed by atoms with Crippen molar-refractivity contribution in [1.82, 2.24) is 0 Å². The fourth-order valence-electron chi connectivity index (χ4n) is 3.34. The summed E-state index contributed by atoms with van der Waals surface area (Å²) in [6.45, 7) is -0.199. The van der Waals surface area contributed by atoms with E-state index in [1.165, 1.54) is 30.3 Å². The first-order valence-corrected chi connectivity index (χ1v) is 13.7. The Labute approximate surface area is 202 Å². The maximum atomic E-state index is 12.8. The molecule has 9 nitrogen and oxygen atoms in total. The Morgan fingerprint density at radius 2 is 1.62 bits per heavy atom. The van der Waals surface area contributed by atoms with Crippen molar-refractivity contribution in [1.29, 1.82) is 0 Å². The van der Waals surface area contributed by atoms with Gasteiger partial charge in [0.2, 0.25) is 10.0 Å². The molecule has 1 aliphatic rings. The molecule has 0 bridgehead atoms. The summed E-state index contributed by atoms with van der Waals surface area (Å²) in [5.41, 5.74) is 0.913. The van der Waals surface area contributed by atoms with Gasteiger partial charge in [0.25, 0.3) is 15.9 Å². The van der Waals surface area contributed by atoms with Crippen LogP contribution >= 0.6 is 11.6 Å². The number of hydrogen-bond donors (Lipinski definition) is 2. The Morgan fingerprint density at radius 3 is 2.29 bits per heavy atom. The standard InChI is InChI=1S/C22H20ClN3O6S2/c1-33(28,29)26-14-21(32-20-9-5-4-8-19(20)26)22(27)24-15-10-12-16(13-11-15)34(30,31)25-18-7-3-2-6-17(18)23/h2-13,21,25H,14H2,1H3,(H,24,27)/t21-/m0/s1. The van der Waals surface area contributed by atoms with E-state index >= 15 is 0 Å². The normalized spacial score (nSPS) is 15.7. The van der Waals surface area contributed by atoms with E-state index in [2.05, 4.69) is 10.0 Å². The minimum Gasteiger partial charge on any atom is -0.476 e. The summed E-state index contributed by atoms with van der Waals surface area (Å²) in [4.78, 5) is 12.8. The number of halogens is 1. The van der Waals surface area contributed by atoms with Crippen LogP contribution in [0, 0.1) is 0 Å². The monoisotopic (exact) mass is 521 g/mol. The number of anilines is 3. The number of ether oxygens (including phenoxy) is 1. The van der Waals surface area contributed by atoms with Gasteiger partial charge in [-0.15, -0.1) is 0 Å². The third kappa shape index (κ3) is 5.11. The lowest BCUT2D eigenvalue weighted by Crippen LogP contribution is -2.48. The molecule has 34 heavy (non-hydrogen) atoms. The number of fused-ring (bicyclic) bond motifs is 1. The Bertz CT molecular complexity index is 1440. The molecular formula is C22H20ClN3O6S2. The van der Waals surface area contributed by atoms with Crippen molar-refractivity contribution in [2.75, 3.05) is 27.1 Å². The lowest BCUT2D eigenvalue weighted by molar-refractivity contribution is -0.122. The Balaban J connectivity index is 1.48. The first-order chi connectivity index (χ1) is 16.0.